The average molecular weight is 287 g/mol. The number of para-hydroxylation sites is 1. The molecule has 1 heterocycles. The fourth-order valence-electron chi connectivity index (χ4n) is 2.85. The van der Waals surface area contributed by atoms with Crippen LogP contribution in [-0.4, -0.2) is 15.6 Å². The average Bonchev–Trinajstić information content (AvgIpc) is 2.82. The Balaban J connectivity index is 2.08. The molecule has 1 aromatic heterocycles. The first kappa shape index (κ1) is 15.6. The molecule has 21 heavy (non-hydrogen) atoms. The van der Waals surface area contributed by atoms with Crippen LogP contribution in [0.25, 0.3) is 10.9 Å². The largest absolute Gasteiger partial charge is 0.481 e. The molecule has 1 N–H and O–H groups in total. The number of rotatable bonds is 9. The molecular formula is C18H25NO2. The summed E-state index contributed by atoms with van der Waals surface area (Å²) in [7, 11) is 0. The van der Waals surface area contributed by atoms with Crippen LogP contribution in [0.15, 0.2) is 30.5 Å². The maximum atomic E-state index is 10.7. The Morgan fingerprint density at radius 1 is 1.14 bits per heavy atom. The molecule has 0 fully saturated rings. The van der Waals surface area contributed by atoms with Gasteiger partial charge in [-0.1, -0.05) is 44.4 Å². The molecule has 3 heteroatoms. The highest BCUT2D eigenvalue weighted by Crippen LogP contribution is 2.23. The van der Waals surface area contributed by atoms with Crippen molar-refractivity contribution in [2.45, 2.75) is 58.4 Å². The number of carbonyl (C=O) groups is 1. The third-order valence-corrected chi connectivity index (χ3v) is 3.96. The summed E-state index contributed by atoms with van der Waals surface area (Å²) in [6.45, 7) is 3.28. The standard InChI is InChI=1S/C18H25NO2/c1-2-3-4-7-13-19-14-15(9-8-12-18(20)21)16-10-5-6-11-17(16)19/h5-6,10-11,14H,2-4,7-9,12-13H2,1H3,(H,20,21). The summed E-state index contributed by atoms with van der Waals surface area (Å²) in [5.74, 6) is -0.710. The van der Waals surface area contributed by atoms with Crippen LogP contribution in [0.3, 0.4) is 0 Å². The molecule has 0 bridgehead atoms. The lowest BCUT2D eigenvalue weighted by molar-refractivity contribution is -0.137. The Morgan fingerprint density at radius 3 is 2.71 bits per heavy atom. The third-order valence-electron chi connectivity index (χ3n) is 3.96. The van der Waals surface area contributed by atoms with E-state index in [0.29, 0.717) is 6.42 Å². The quantitative estimate of drug-likeness (QED) is 0.683. The van der Waals surface area contributed by atoms with Crippen molar-refractivity contribution in [3.63, 3.8) is 0 Å². The summed E-state index contributed by atoms with van der Waals surface area (Å²) in [5, 5.41) is 10.0. The van der Waals surface area contributed by atoms with E-state index in [4.69, 9.17) is 5.11 Å². The van der Waals surface area contributed by atoms with Crippen LogP contribution in [0.1, 0.15) is 51.0 Å². The van der Waals surface area contributed by atoms with E-state index in [1.807, 2.05) is 0 Å². The maximum absolute atomic E-state index is 10.7. The fourth-order valence-corrected chi connectivity index (χ4v) is 2.85. The van der Waals surface area contributed by atoms with Crippen molar-refractivity contribution < 1.29 is 9.90 Å². The number of unbranched alkanes of at least 4 members (excludes halogenated alkanes) is 3. The summed E-state index contributed by atoms with van der Waals surface area (Å²) in [5.41, 5.74) is 2.56. The molecule has 2 rings (SSSR count). The molecule has 0 atom stereocenters. The lowest BCUT2D eigenvalue weighted by Crippen LogP contribution is -1.97. The molecule has 0 saturated heterocycles. The van der Waals surface area contributed by atoms with E-state index < -0.39 is 5.97 Å². The highest BCUT2D eigenvalue weighted by molar-refractivity contribution is 5.84. The number of aliphatic carboxylic acids is 1. The van der Waals surface area contributed by atoms with E-state index in [2.05, 4.69) is 42.0 Å². The SMILES string of the molecule is CCCCCCn1cc(CCCC(=O)O)c2ccccc21. The maximum Gasteiger partial charge on any atom is 0.303 e. The number of aryl methyl sites for hydroxylation is 2. The molecule has 0 amide bonds. The van der Waals surface area contributed by atoms with Crippen molar-refractivity contribution >= 4 is 16.9 Å². The van der Waals surface area contributed by atoms with Crippen molar-refractivity contribution in [3.05, 3.63) is 36.0 Å². The third kappa shape index (κ3) is 4.35. The van der Waals surface area contributed by atoms with E-state index >= 15 is 0 Å². The molecule has 3 nitrogen and oxygen atoms in total. The lowest BCUT2D eigenvalue weighted by Gasteiger charge is -2.04. The molecule has 0 radical (unpaired) electrons. The Labute approximate surface area is 126 Å². The van der Waals surface area contributed by atoms with E-state index in [9.17, 15) is 4.79 Å². The zero-order valence-corrected chi connectivity index (χ0v) is 12.8. The molecule has 0 saturated carbocycles. The lowest BCUT2D eigenvalue weighted by atomic mass is 10.1. The van der Waals surface area contributed by atoms with Gasteiger partial charge in [-0.3, -0.25) is 4.79 Å². The predicted molar refractivity (Wildman–Crippen MR) is 86.7 cm³/mol. The van der Waals surface area contributed by atoms with E-state index in [0.717, 1.165) is 13.0 Å². The van der Waals surface area contributed by atoms with Crippen LogP contribution >= 0.6 is 0 Å². The van der Waals surface area contributed by atoms with Gasteiger partial charge in [-0.25, -0.2) is 0 Å². The Morgan fingerprint density at radius 2 is 1.95 bits per heavy atom. The van der Waals surface area contributed by atoms with Crippen LogP contribution in [0.5, 0.6) is 0 Å². The minimum atomic E-state index is -0.710. The molecular weight excluding hydrogens is 262 g/mol. The molecule has 0 aliphatic carbocycles. The number of hydrogen-bond acceptors (Lipinski definition) is 1. The minimum absolute atomic E-state index is 0.246. The van der Waals surface area contributed by atoms with E-state index in [-0.39, 0.29) is 6.42 Å². The zero-order valence-electron chi connectivity index (χ0n) is 12.8. The first-order valence-corrected chi connectivity index (χ1v) is 8.01. The van der Waals surface area contributed by atoms with Crippen LogP contribution in [0.4, 0.5) is 0 Å². The molecule has 1 aromatic carbocycles. The smallest absolute Gasteiger partial charge is 0.303 e. The van der Waals surface area contributed by atoms with Gasteiger partial charge in [0.2, 0.25) is 0 Å². The summed E-state index contributed by atoms with van der Waals surface area (Å²) in [6.07, 6.45) is 9.05. The number of carboxylic acids is 1. The normalized spacial score (nSPS) is 11.1. The van der Waals surface area contributed by atoms with Crippen molar-refractivity contribution in [1.82, 2.24) is 4.57 Å². The van der Waals surface area contributed by atoms with Gasteiger partial charge >= 0.3 is 5.97 Å². The summed E-state index contributed by atoms with van der Waals surface area (Å²) in [6, 6.07) is 8.44. The second-order valence-corrected chi connectivity index (χ2v) is 5.67. The topological polar surface area (TPSA) is 42.2 Å². The number of nitrogens with zero attached hydrogens (tertiary/aromatic N) is 1. The van der Waals surface area contributed by atoms with Gasteiger partial charge in [-0.05, 0) is 30.9 Å². The molecule has 0 aliphatic heterocycles. The van der Waals surface area contributed by atoms with Gasteiger partial charge in [0.25, 0.3) is 0 Å². The second-order valence-electron chi connectivity index (χ2n) is 5.67. The summed E-state index contributed by atoms with van der Waals surface area (Å²) in [4.78, 5) is 10.7. The van der Waals surface area contributed by atoms with Crippen molar-refractivity contribution in [1.29, 1.82) is 0 Å². The van der Waals surface area contributed by atoms with Crippen LogP contribution in [0.2, 0.25) is 0 Å². The molecule has 114 valence electrons. The van der Waals surface area contributed by atoms with Crippen molar-refractivity contribution in [3.8, 4) is 0 Å². The van der Waals surface area contributed by atoms with Crippen LogP contribution < -0.4 is 0 Å². The van der Waals surface area contributed by atoms with Crippen LogP contribution in [-0.2, 0) is 17.8 Å². The minimum Gasteiger partial charge on any atom is -0.481 e. The van der Waals surface area contributed by atoms with Gasteiger partial charge in [0.1, 0.15) is 0 Å². The number of carboxylic acid groups (broad SMARTS) is 1. The van der Waals surface area contributed by atoms with Gasteiger partial charge in [0.15, 0.2) is 0 Å². The first-order chi connectivity index (χ1) is 10.2. The Hall–Kier alpha value is -1.77. The highest BCUT2D eigenvalue weighted by Gasteiger charge is 2.08. The van der Waals surface area contributed by atoms with E-state index in [1.54, 1.807) is 0 Å². The molecule has 0 spiro atoms. The van der Waals surface area contributed by atoms with Gasteiger partial charge < -0.3 is 9.67 Å². The van der Waals surface area contributed by atoms with Crippen molar-refractivity contribution in [2.24, 2.45) is 0 Å². The van der Waals surface area contributed by atoms with Gasteiger partial charge in [0, 0.05) is 30.1 Å². The molecule has 0 unspecified atom stereocenters. The fraction of sp³-hybridized carbons (Fsp3) is 0.500. The number of benzene rings is 1. The Bertz CT molecular complexity index is 586. The molecule has 0 aliphatic rings. The molecule has 2 aromatic rings. The summed E-state index contributed by atoms with van der Waals surface area (Å²) >= 11 is 0. The Kier molecular flexibility index (Phi) is 5.85. The summed E-state index contributed by atoms with van der Waals surface area (Å²) < 4.78 is 2.33. The zero-order chi connectivity index (χ0) is 15.1. The monoisotopic (exact) mass is 287 g/mol. The predicted octanol–water partition coefficient (Wildman–Crippen LogP) is 4.63. The number of hydrogen-bond donors (Lipinski definition) is 1. The van der Waals surface area contributed by atoms with Gasteiger partial charge in [0.05, 0.1) is 0 Å². The first-order valence-electron chi connectivity index (χ1n) is 8.01. The number of fused-ring (bicyclic) bond motifs is 1. The van der Waals surface area contributed by atoms with E-state index in [1.165, 1.54) is 42.1 Å². The second kappa shape index (κ2) is 7.87. The highest BCUT2D eigenvalue weighted by atomic mass is 16.4. The van der Waals surface area contributed by atoms with Crippen LogP contribution in [0, 0.1) is 0 Å². The number of aromatic nitrogens is 1. The van der Waals surface area contributed by atoms with Gasteiger partial charge in [-0.15, -0.1) is 0 Å². The van der Waals surface area contributed by atoms with Gasteiger partial charge in [-0.2, -0.15) is 0 Å². The van der Waals surface area contributed by atoms with Crippen molar-refractivity contribution in [2.75, 3.05) is 0 Å².